The van der Waals surface area contributed by atoms with Crippen molar-refractivity contribution in [1.82, 2.24) is 0 Å². The summed E-state index contributed by atoms with van der Waals surface area (Å²) in [5, 5.41) is 0.200. The summed E-state index contributed by atoms with van der Waals surface area (Å²) in [5.74, 6) is -3.22. The molecule has 0 aliphatic rings. The van der Waals surface area contributed by atoms with Crippen LogP contribution in [0.1, 0.15) is 31.1 Å². The lowest BCUT2D eigenvalue weighted by Crippen LogP contribution is -2.31. The van der Waals surface area contributed by atoms with Crippen LogP contribution in [0.15, 0.2) is 18.2 Å². The monoisotopic (exact) mass is 286 g/mol. The zero-order valence-electron chi connectivity index (χ0n) is 11.1. The van der Waals surface area contributed by atoms with Gasteiger partial charge in [-0.05, 0) is 31.0 Å². The Hall–Kier alpha value is -1.42. The molecule has 0 radical (unpaired) electrons. The lowest BCUT2D eigenvalue weighted by atomic mass is 9.88. The molecule has 1 unspecified atom stereocenters. The topological polar surface area (TPSA) is 43.4 Å². The fourth-order valence-electron chi connectivity index (χ4n) is 1.77. The summed E-state index contributed by atoms with van der Waals surface area (Å²) in [7, 11) is 0. The highest BCUT2D eigenvalue weighted by Crippen LogP contribution is 2.23. The van der Waals surface area contributed by atoms with E-state index in [1.54, 1.807) is 20.8 Å². The quantitative estimate of drug-likeness (QED) is 0.473. The average molecular weight is 287 g/mol. The molecule has 1 aromatic carbocycles. The van der Waals surface area contributed by atoms with E-state index in [2.05, 4.69) is 0 Å². The summed E-state index contributed by atoms with van der Waals surface area (Å²) in [6.45, 7) is 5.27. The van der Waals surface area contributed by atoms with E-state index < -0.39 is 23.5 Å². The third-order valence-corrected chi connectivity index (χ3v) is 2.92. The van der Waals surface area contributed by atoms with E-state index in [0.717, 1.165) is 6.07 Å². The molecule has 0 bridgehead atoms. The van der Waals surface area contributed by atoms with E-state index in [4.69, 9.17) is 16.3 Å². The first-order chi connectivity index (χ1) is 8.88. The third kappa shape index (κ3) is 3.77. The number of ether oxygens (including phenoxy) is 1. The van der Waals surface area contributed by atoms with E-state index in [1.807, 2.05) is 0 Å². The normalized spacial score (nSPS) is 12.3. The molecule has 104 valence electrons. The molecule has 0 heterocycles. The van der Waals surface area contributed by atoms with Crippen molar-refractivity contribution in [2.24, 2.45) is 11.8 Å². The predicted octanol–water partition coefficient (Wildman–Crippen LogP) is 3.50. The average Bonchev–Trinajstić information content (AvgIpc) is 2.28. The number of esters is 1. The smallest absolute Gasteiger partial charge is 0.317 e. The van der Waals surface area contributed by atoms with E-state index in [1.165, 1.54) is 12.1 Å². The van der Waals surface area contributed by atoms with Crippen LogP contribution < -0.4 is 0 Å². The van der Waals surface area contributed by atoms with Crippen molar-refractivity contribution >= 4 is 23.4 Å². The number of rotatable bonds is 5. The van der Waals surface area contributed by atoms with Crippen molar-refractivity contribution in [2.75, 3.05) is 6.61 Å². The molecule has 0 N–H and O–H groups in total. The van der Waals surface area contributed by atoms with Gasteiger partial charge < -0.3 is 4.74 Å². The largest absolute Gasteiger partial charge is 0.465 e. The molecule has 0 saturated heterocycles. The summed E-state index contributed by atoms with van der Waals surface area (Å²) in [6, 6.07) is 3.76. The molecule has 1 aromatic rings. The zero-order valence-corrected chi connectivity index (χ0v) is 11.8. The predicted molar refractivity (Wildman–Crippen MR) is 70.7 cm³/mol. The van der Waals surface area contributed by atoms with Crippen LogP contribution in [0.25, 0.3) is 0 Å². The van der Waals surface area contributed by atoms with Gasteiger partial charge in [-0.1, -0.05) is 25.4 Å². The molecule has 0 aliphatic carbocycles. The molecule has 1 atom stereocenters. The Morgan fingerprint density at radius 3 is 2.47 bits per heavy atom. The van der Waals surface area contributed by atoms with Gasteiger partial charge in [-0.3, -0.25) is 9.59 Å². The van der Waals surface area contributed by atoms with Gasteiger partial charge >= 0.3 is 5.97 Å². The van der Waals surface area contributed by atoms with Crippen LogP contribution in [0, 0.1) is 17.7 Å². The van der Waals surface area contributed by atoms with Crippen molar-refractivity contribution in [3.05, 3.63) is 34.6 Å². The van der Waals surface area contributed by atoms with Crippen molar-refractivity contribution in [2.45, 2.75) is 20.8 Å². The Labute approximate surface area is 116 Å². The lowest BCUT2D eigenvalue weighted by Gasteiger charge is -2.18. The van der Waals surface area contributed by atoms with E-state index in [9.17, 15) is 14.0 Å². The molecule has 0 spiro atoms. The summed E-state index contributed by atoms with van der Waals surface area (Å²) in [4.78, 5) is 24.0. The number of carbonyl (C=O) groups excluding carboxylic acids is 2. The number of Topliss-reactive ketones (excluding diaryl/α,β-unsaturated/α-hetero) is 1. The molecule has 1 rings (SSSR count). The SMILES string of the molecule is CCOC(=O)C(C(=O)c1ccc(Cl)cc1F)C(C)C. The lowest BCUT2D eigenvalue weighted by molar-refractivity contribution is -0.147. The molecule has 0 fully saturated rings. The molecule has 3 nitrogen and oxygen atoms in total. The van der Waals surface area contributed by atoms with Gasteiger partial charge in [0.05, 0.1) is 12.2 Å². The Balaban J connectivity index is 3.09. The molecular weight excluding hydrogens is 271 g/mol. The van der Waals surface area contributed by atoms with Gasteiger partial charge in [0.1, 0.15) is 11.7 Å². The first kappa shape index (κ1) is 15.6. The van der Waals surface area contributed by atoms with Crippen molar-refractivity contribution in [3.63, 3.8) is 0 Å². The van der Waals surface area contributed by atoms with Crippen LogP contribution in [0.3, 0.4) is 0 Å². The van der Waals surface area contributed by atoms with Gasteiger partial charge in [-0.15, -0.1) is 0 Å². The summed E-state index contributed by atoms with van der Waals surface area (Å²) >= 11 is 5.63. The number of ketones is 1. The van der Waals surface area contributed by atoms with Gasteiger partial charge in [0.2, 0.25) is 0 Å². The Bertz CT molecular complexity index is 486. The van der Waals surface area contributed by atoms with Crippen LogP contribution >= 0.6 is 11.6 Å². The fourth-order valence-corrected chi connectivity index (χ4v) is 1.93. The van der Waals surface area contributed by atoms with E-state index >= 15 is 0 Å². The first-order valence-electron chi connectivity index (χ1n) is 6.04. The minimum absolute atomic E-state index is 0.142. The molecule has 5 heteroatoms. The van der Waals surface area contributed by atoms with E-state index in [-0.39, 0.29) is 23.1 Å². The van der Waals surface area contributed by atoms with Crippen LogP contribution in [0.2, 0.25) is 5.02 Å². The minimum Gasteiger partial charge on any atom is -0.465 e. The van der Waals surface area contributed by atoms with Crippen LogP contribution in [-0.2, 0) is 9.53 Å². The zero-order chi connectivity index (χ0) is 14.6. The van der Waals surface area contributed by atoms with Gasteiger partial charge in [-0.25, -0.2) is 4.39 Å². The minimum atomic E-state index is -1.00. The number of carbonyl (C=O) groups is 2. The number of hydrogen-bond donors (Lipinski definition) is 0. The number of hydrogen-bond acceptors (Lipinski definition) is 3. The van der Waals surface area contributed by atoms with Crippen LogP contribution in [0.5, 0.6) is 0 Å². The van der Waals surface area contributed by atoms with Gasteiger partial charge in [-0.2, -0.15) is 0 Å². The standard InChI is InChI=1S/C14H16ClFO3/c1-4-19-14(18)12(8(2)3)13(17)10-6-5-9(15)7-11(10)16/h5-8,12H,4H2,1-3H3. The fraction of sp³-hybridized carbons (Fsp3) is 0.429. The maximum Gasteiger partial charge on any atom is 0.317 e. The van der Waals surface area contributed by atoms with Gasteiger partial charge in [0.15, 0.2) is 5.78 Å². The van der Waals surface area contributed by atoms with Crippen molar-refractivity contribution in [1.29, 1.82) is 0 Å². The second-order valence-electron chi connectivity index (χ2n) is 4.46. The number of halogens is 2. The second kappa shape index (κ2) is 6.66. The van der Waals surface area contributed by atoms with Gasteiger partial charge in [0, 0.05) is 5.02 Å². The molecule has 0 saturated carbocycles. The maximum atomic E-state index is 13.7. The van der Waals surface area contributed by atoms with Crippen LogP contribution in [-0.4, -0.2) is 18.4 Å². The highest BCUT2D eigenvalue weighted by atomic mass is 35.5. The third-order valence-electron chi connectivity index (χ3n) is 2.69. The second-order valence-corrected chi connectivity index (χ2v) is 4.90. The van der Waals surface area contributed by atoms with Gasteiger partial charge in [0.25, 0.3) is 0 Å². The summed E-state index contributed by atoms with van der Waals surface area (Å²) in [5.41, 5.74) is -0.142. The van der Waals surface area contributed by atoms with E-state index in [0.29, 0.717) is 0 Å². The molecular formula is C14H16ClFO3. The molecule has 0 aromatic heterocycles. The Morgan fingerprint density at radius 2 is 2.00 bits per heavy atom. The highest BCUT2D eigenvalue weighted by Gasteiger charge is 2.33. The highest BCUT2D eigenvalue weighted by molar-refractivity contribution is 6.30. The first-order valence-corrected chi connectivity index (χ1v) is 6.42. The summed E-state index contributed by atoms with van der Waals surface area (Å²) in [6.07, 6.45) is 0. The van der Waals surface area contributed by atoms with Crippen molar-refractivity contribution in [3.8, 4) is 0 Å². The van der Waals surface area contributed by atoms with Crippen molar-refractivity contribution < 1.29 is 18.7 Å². The molecule has 19 heavy (non-hydrogen) atoms. The van der Waals surface area contributed by atoms with Crippen LogP contribution in [0.4, 0.5) is 4.39 Å². The summed E-state index contributed by atoms with van der Waals surface area (Å²) < 4.78 is 18.6. The Morgan fingerprint density at radius 1 is 1.37 bits per heavy atom. The molecule has 0 aliphatic heterocycles. The number of benzene rings is 1. The maximum absolute atomic E-state index is 13.7. The Kier molecular flexibility index (Phi) is 5.48. The molecule has 0 amide bonds.